The van der Waals surface area contributed by atoms with Crippen molar-refractivity contribution in [2.45, 2.75) is 25.2 Å². The van der Waals surface area contributed by atoms with Crippen molar-refractivity contribution in [3.8, 4) is 11.3 Å². The van der Waals surface area contributed by atoms with Crippen LogP contribution in [0.5, 0.6) is 0 Å². The van der Waals surface area contributed by atoms with Crippen molar-refractivity contribution in [2.75, 3.05) is 11.0 Å². The number of amides is 1. The Bertz CT molecular complexity index is 1210. The quantitative estimate of drug-likeness (QED) is 0.645. The van der Waals surface area contributed by atoms with Crippen molar-refractivity contribution in [1.82, 2.24) is 0 Å². The number of benzene rings is 2. The van der Waals surface area contributed by atoms with Crippen LogP contribution in [-0.4, -0.2) is 20.6 Å². The van der Waals surface area contributed by atoms with Gasteiger partial charge < -0.3 is 10.2 Å². The van der Waals surface area contributed by atoms with Crippen molar-refractivity contribution in [2.24, 2.45) is 5.73 Å². The smallest absolute Gasteiger partial charge is 0.253 e. The zero-order chi connectivity index (χ0) is 20.3. The lowest BCUT2D eigenvalue weighted by atomic mass is 9.93. The molecule has 1 saturated carbocycles. The molecule has 0 saturated heterocycles. The highest BCUT2D eigenvalue weighted by Gasteiger charge is 2.41. The lowest BCUT2D eigenvalue weighted by Gasteiger charge is -2.16. The molecule has 28 heavy (non-hydrogen) atoms. The van der Waals surface area contributed by atoms with Crippen LogP contribution in [0.3, 0.4) is 0 Å². The molecule has 1 fully saturated rings. The van der Waals surface area contributed by atoms with Gasteiger partial charge in [0.25, 0.3) is 5.91 Å². The average Bonchev–Trinajstić information content (AvgIpc) is 3.22. The normalized spacial score (nSPS) is 15.5. The largest absolute Gasteiger partial charge is 0.455 e. The number of carbonyl (C=O) groups excluding carboxylic acids is 1. The number of primary amides is 1. The molecule has 2 aromatic carbocycles. The van der Waals surface area contributed by atoms with E-state index in [1.807, 2.05) is 6.07 Å². The fourth-order valence-electron chi connectivity index (χ4n) is 3.43. The molecule has 1 amide bonds. The average molecular weight is 419 g/mol. The maximum atomic E-state index is 12.3. The third-order valence-corrected chi connectivity index (χ3v) is 5.97. The molecule has 0 radical (unpaired) electrons. The van der Waals surface area contributed by atoms with E-state index in [2.05, 4.69) is 11.6 Å². The molecule has 8 heteroatoms. The van der Waals surface area contributed by atoms with Crippen molar-refractivity contribution < 1.29 is 17.6 Å². The van der Waals surface area contributed by atoms with Crippen molar-refractivity contribution in [3.05, 3.63) is 52.5 Å². The predicted octanol–water partition coefficient (Wildman–Crippen LogP) is 4.28. The Hall–Kier alpha value is -2.51. The Morgan fingerprint density at radius 3 is 2.39 bits per heavy atom. The second-order valence-corrected chi connectivity index (χ2v) is 9.69. The molecule has 0 bridgehead atoms. The van der Waals surface area contributed by atoms with Crippen LogP contribution in [0.4, 0.5) is 5.69 Å². The van der Waals surface area contributed by atoms with Gasteiger partial charge in [-0.25, -0.2) is 8.42 Å². The van der Waals surface area contributed by atoms with Gasteiger partial charge in [-0.15, -0.1) is 0 Å². The van der Waals surface area contributed by atoms with E-state index in [4.69, 9.17) is 21.8 Å². The molecule has 1 aromatic heterocycles. The van der Waals surface area contributed by atoms with E-state index in [1.54, 1.807) is 30.3 Å². The van der Waals surface area contributed by atoms with Crippen molar-refractivity contribution >= 4 is 44.2 Å². The molecule has 1 aliphatic rings. The second kappa shape index (κ2) is 6.25. The number of nitrogens with two attached hydrogens (primary N) is 1. The summed E-state index contributed by atoms with van der Waals surface area (Å²) in [6.07, 6.45) is 2.97. The van der Waals surface area contributed by atoms with Gasteiger partial charge in [0.1, 0.15) is 11.3 Å². The number of nitrogens with one attached hydrogen (secondary N) is 1. The van der Waals surface area contributed by atoms with E-state index in [0.29, 0.717) is 33.0 Å². The van der Waals surface area contributed by atoms with Gasteiger partial charge in [-0.3, -0.25) is 9.52 Å². The van der Waals surface area contributed by atoms with Crippen LogP contribution in [-0.2, 0) is 15.4 Å². The van der Waals surface area contributed by atoms with Gasteiger partial charge in [0, 0.05) is 22.0 Å². The van der Waals surface area contributed by atoms with Gasteiger partial charge in [0.05, 0.1) is 17.5 Å². The Balaban J connectivity index is 2.00. The molecule has 3 aromatic rings. The Labute approximate surface area is 167 Å². The monoisotopic (exact) mass is 418 g/mol. The zero-order valence-corrected chi connectivity index (χ0v) is 16.9. The standard InChI is InChI=1S/C20H19ClN2O4S/c1-20(7-8-20)14-9-13-16(10-15(14)23-28(2,25)26)27-18(17(13)19(22)24)11-3-5-12(21)6-4-11/h3-6,9-10,23H,7-8H2,1-2H3,(H2,22,24). The first kappa shape index (κ1) is 18.8. The van der Waals surface area contributed by atoms with Crippen LogP contribution in [0.1, 0.15) is 35.7 Å². The summed E-state index contributed by atoms with van der Waals surface area (Å²) in [5, 5.41) is 1.13. The van der Waals surface area contributed by atoms with Crippen LogP contribution in [0.25, 0.3) is 22.3 Å². The van der Waals surface area contributed by atoms with Crippen LogP contribution >= 0.6 is 11.6 Å². The Morgan fingerprint density at radius 2 is 1.86 bits per heavy atom. The van der Waals surface area contributed by atoms with Gasteiger partial charge in [-0.2, -0.15) is 0 Å². The molecule has 0 unspecified atom stereocenters. The highest BCUT2D eigenvalue weighted by molar-refractivity contribution is 7.92. The SMILES string of the molecule is CC1(c2cc3c(C(N)=O)c(-c4ccc(Cl)cc4)oc3cc2NS(C)(=O)=O)CC1. The fraction of sp³-hybridized carbons (Fsp3) is 0.250. The van der Waals surface area contributed by atoms with Crippen molar-refractivity contribution in [3.63, 3.8) is 0 Å². The molecule has 1 heterocycles. The number of furan rings is 1. The minimum atomic E-state index is -3.48. The van der Waals surface area contributed by atoms with E-state index >= 15 is 0 Å². The van der Waals surface area contributed by atoms with Crippen LogP contribution in [0.15, 0.2) is 40.8 Å². The number of hydrogen-bond acceptors (Lipinski definition) is 4. The van der Waals surface area contributed by atoms with E-state index in [0.717, 1.165) is 24.7 Å². The molecular weight excluding hydrogens is 400 g/mol. The molecule has 1 aliphatic carbocycles. The number of halogens is 1. The molecule has 3 N–H and O–H groups in total. The molecule has 146 valence electrons. The highest BCUT2D eigenvalue weighted by atomic mass is 35.5. The van der Waals surface area contributed by atoms with Gasteiger partial charge in [-0.05, 0) is 54.2 Å². The maximum Gasteiger partial charge on any atom is 0.253 e. The third kappa shape index (κ3) is 3.36. The van der Waals surface area contributed by atoms with Gasteiger partial charge >= 0.3 is 0 Å². The number of anilines is 1. The minimum Gasteiger partial charge on any atom is -0.455 e. The van der Waals surface area contributed by atoms with E-state index in [1.165, 1.54) is 0 Å². The predicted molar refractivity (Wildman–Crippen MR) is 110 cm³/mol. The Kier molecular flexibility index (Phi) is 4.21. The van der Waals surface area contributed by atoms with E-state index in [9.17, 15) is 13.2 Å². The summed E-state index contributed by atoms with van der Waals surface area (Å²) in [5.41, 5.74) is 8.13. The molecular formula is C20H19ClN2O4S. The first-order valence-electron chi connectivity index (χ1n) is 8.72. The molecule has 0 aliphatic heterocycles. The zero-order valence-electron chi connectivity index (χ0n) is 15.4. The number of hydrogen-bond donors (Lipinski definition) is 2. The van der Waals surface area contributed by atoms with Gasteiger partial charge in [0.15, 0.2) is 0 Å². The number of fused-ring (bicyclic) bond motifs is 1. The second-order valence-electron chi connectivity index (χ2n) is 7.51. The summed E-state index contributed by atoms with van der Waals surface area (Å²) in [5.74, 6) is -0.276. The topological polar surface area (TPSA) is 102 Å². The first-order valence-corrected chi connectivity index (χ1v) is 11.0. The first-order chi connectivity index (χ1) is 13.1. The summed E-state index contributed by atoms with van der Waals surface area (Å²) in [7, 11) is -3.48. The van der Waals surface area contributed by atoms with Crippen LogP contribution in [0, 0.1) is 0 Å². The summed E-state index contributed by atoms with van der Waals surface area (Å²) in [6.45, 7) is 2.06. The summed E-state index contributed by atoms with van der Waals surface area (Å²) < 4.78 is 32.2. The minimum absolute atomic E-state index is 0.145. The fourth-order valence-corrected chi connectivity index (χ4v) is 4.13. The third-order valence-electron chi connectivity index (χ3n) is 5.13. The van der Waals surface area contributed by atoms with Gasteiger partial charge in [0.2, 0.25) is 10.0 Å². The van der Waals surface area contributed by atoms with E-state index in [-0.39, 0.29) is 11.0 Å². The molecule has 4 rings (SSSR count). The van der Waals surface area contributed by atoms with Gasteiger partial charge in [-0.1, -0.05) is 18.5 Å². The molecule has 0 spiro atoms. The Morgan fingerprint density at radius 1 is 1.21 bits per heavy atom. The maximum absolute atomic E-state index is 12.3. The lowest BCUT2D eigenvalue weighted by Crippen LogP contribution is -2.15. The summed E-state index contributed by atoms with van der Waals surface area (Å²) >= 11 is 5.95. The van der Waals surface area contributed by atoms with Crippen molar-refractivity contribution in [1.29, 1.82) is 0 Å². The summed E-state index contributed by atoms with van der Waals surface area (Å²) in [6, 6.07) is 10.3. The molecule has 0 atom stereocenters. The lowest BCUT2D eigenvalue weighted by molar-refractivity contribution is 0.100. The number of rotatable bonds is 5. The van der Waals surface area contributed by atoms with Crippen LogP contribution in [0.2, 0.25) is 5.02 Å². The van der Waals surface area contributed by atoms with Crippen LogP contribution < -0.4 is 10.5 Å². The highest BCUT2D eigenvalue weighted by Crippen LogP contribution is 2.52. The number of carbonyl (C=O) groups is 1. The summed E-state index contributed by atoms with van der Waals surface area (Å²) in [4.78, 5) is 12.3. The van der Waals surface area contributed by atoms with E-state index < -0.39 is 15.9 Å². The molecule has 6 nitrogen and oxygen atoms in total. The number of sulfonamides is 1.